The summed E-state index contributed by atoms with van der Waals surface area (Å²) in [6, 6.07) is 15.7. The maximum Gasteiger partial charge on any atom is 0.253 e. The van der Waals surface area contributed by atoms with Crippen LogP contribution in [0.5, 0.6) is 0 Å². The number of aromatic amines is 1. The monoisotopic (exact) mass is 359 g/mol. The summed E-state index contributed by atoms with van der Waals surface area (Å²) in [5, 5.41) is 7.25. The first-order chi connectivity index (χ1) is 13.2. The van der Waals surface area contributed by atoms with Crippen molar-refractivity contribution in [2.45, 2.75) is 26.2 Å². The van der Waals surface area contributed by atoms with Crippen LogP contribution in [0.4, 0.5) is 22.7 Å². The van der Waals surface area contributed by atoms with Crippen LogP contribution in [0, 0.1) is 0 Å². The first-order valence-electron chi connectivity index (χ1n) is 9.19. The third-order valence-electron chi connectivity index (χ3n) is 4.78. The van der Waals surface area contributed by atoms with Gasteiger partial charge in [0.25, 0.3) is 10.9 Å². The summed E-state index contributed by atoms with van der Waals surface area (Å²) in [4.78, 5) is 27.2. The molecule has 1 aromatic heterocycles. The van der Waals surface area contributed by atoms with Gasteiger partial charge >= 0.3 is 0 Å². The third kappa shape index (κ3) is 3.36. The van der Waals surface area contributed by atoms with Crippen molar-refractivity contribution in [3.63, 3.8) is 0 Å². The lowest BCUT2D eigenvalue weighted by atomic mass is 10.1. The smallest absolute Gasteiger partial charge is 0.253 e. The highest BCUT2D eigenvalue weighted by atomic mass is 16.2. The molecule has 3 aromatic carbocycles. The lowest BCUT2D eigenvalue weighted by molar-refractivity contribution is 0.795. The minimum atomic E-state index is -0.497. The zero-order valence-electron chi connectivity index (χ0n) is 15.1. The molecule has 0 aliphatic carbocycles. The number of fused-ring (bicyclic) bond motifs is 1. The molecule has 5 heteroatoms. The highest BCUT2D eigenvalue weighted by molar-refractivity contribution is 5.87. The van der Waals surface area contributed by atoms with E-state index in [1.54, 1.807) is 0 Å². The molecule has 4 aromatic rings. The Bertz CT molecular complexity index is 1150. The van der Waals surface area contributed by atoms with E-state index in [1.165, 1.54) is 5.56 Å². The number of nitrogens with one attached hydrogen (secondary N) is 3. The molecule has 0 unspecified atom stereocenters. The first kappa shape index (κ1) is 17.1. The minimum absolute atomic E-state index is 0.306. The quantitative estimate of drug-likeness (QED) is 0.422. The van der Waals surface area contributed by atoms with Gasteiger partial charge in [-0.1, -0.05) is 31.5 Å². The van der Waals surface area contributed by atoms with Gasteiger partial charge in [-0.3, -0.25) is 9.59 Å². The van der Waals surface area contributed by atoms with Crippen molar-refractivity contribution in [3.05, 3.63) is 80.7 Å². The standard InChI is InChI=1S/C22H21N3O2/c1-2-3-4-14-5-8-16(9-6-14)24-19-20(22(27)21(19)26)25-17-10-7-15-11-12-23-18(15)13-17/h5-13,23-25H,2-4H2,1H3. The van der Waals surface area contributed by atoms with Gasteiger partial charge in [0.05, 0.1) is 0 Å². The lowest BCUT2D eigenvalue weighted by Gasteiger charge is -2.15. The molecule has 0 aliphatic heterocycles. The zero-order chi connectivity index (χ0) is 18.8. The first-order valence-corrected chi connectivity index (χ1v) is 9.19. The molecule has 0 aliphatic rings. The van der Waals surface area contributed by atoms with Crippen LogP contribution in [0.2, 0.25) is 0 Å². The van der Waals surface area contributed by atoms with Crippen molar-refractivity contribution in [1.29, 1.82) is 0 Å². The fourth-order valence-electron chi connectivity index (χ4n) is 3.18. The fraction of sp³-hybridized carbons (Fsp3) is 0.182. The van der Waals surface area contributed by atoms with Crippen LogP contribution in [0.3, 0.4) is 0 Å². The van der Waals surface area contributed by atoms with E-state index in [4.69, 9.17) is 0 Å². The summed E-state index contributed by atoms with van der Waals surface area (Å²) in [5.74, 6) is 0. The maximum atomic E-state index is 12.0. The molecule has 27 heavy (non-hydrogen) atoms. The number of hydrogen-bond donors (Lipinski definition) is 3. The molecule has 0 radical (unpaired) electrons. The summed E-state index contributed by atoms with van der Waals surface area (Å²) in [6.07, 6.45) is 5.23. The van der Waals surface area contributed by atoms with Crippen LogP contribution in [0.25, 0.3) is 10.9 Å². The lowest BCUT2D eigenvalue weighted by Crippen LogP contribution is -2.35. The predicted molar refractivity (Wildman–Crippen MR) is 111 cm³/mol. The number of aryl methyl sites for hydroxylation is 1. The van der Waals surface area contributed by atoms with Crippen molar-refractivity contribution in [2.24, 2.45) is 0 Å². The summed E-state index contributed by atoms with van der Waals surface area (Å²) >= 11 is 0. The highest BCUT2D eigenvalue weighted by Crippen LogP contribution is 2.26. The van der Waals surface area contributed by atoms with Gasteiger partial charge in [-0.15, -0.1) is 0 Å². The summed E-state index contributed by atoms with van der Waals surface area (Å²) < 4.78 is 0. The van der Waals surface area contributed by atoms with E-state index in [0.717, 1.165) is 41.5 Å². The van der Waals surface area contributed by atoms with Gasteiger partial charge < -0.3 is 15.6 Å². The molecule has 0 saturated heterocycles. The second-order valence-corrected chi connectivity index (χ2v) is 6.74. The molecular formula is C22H21N3O2. The van der Waals surface area contributed by atoms with E-state index >= 15 is 0 Å². The molecule has 136 valence electrons. The zero-order valence-corrected chi connectivity index (χ0v) is 15.1. The SMILES string of the molecule is CCCCc1ccc(Nc2c(Nc3ccc4cc[nH]c4c3)c(=O)c2=O)cc1. The van der Waals surface area contributed by atoms with Crippen LogP contribution in [0.15, 0.2) is 64.3 Å². The second-order valence-electron chi connectivity index (χ2n) is 6.74. The van der Waals surface area contributed by atoms with Crippen LogP contribution < -0.4 is 21.5 Å². The Labute approximate surface area is 156 Å². The van der Waals surface area contributed by atoms with E-state index < -0.39 is 10.9 Å². The molecule has 0 atom stereocenters. The highest BCUT2D eigenvalue weighted by Gasteiger charge is 2.21. The number of aromatic nitrogens is 1. The van der Waals surface area contributed by atoms with Crippen LogP contribution >= 0.6 is 0 Å². The molecule has 0 amide bonds. The normalized spacial score (nSPS) is 11.1. The Morgan fingerprint density at radius 3 is 2.22 bits per heavy atom. The Hall–Kier alpha value is -3.34. The fourth-order valence-corrected chi connectivity index (χ4v) is 3.18. The van der Waals surface area contributed by atoms with Crippen molar-refractivity contribution < 1.29 is 0 Å². The topological polar surface area (TPSA) is 74.0 Å². The van der Waals surface area contributed by atoms with E-state index in [-0.39, 0.29) is 0 Å². The summed E-state index contributed by atoms with van der Waals surface area (Å²) in [6.45, 7) is 2.17. The van der Waals surface area contributed by atoms with Crippen LogP contribution in [-0.2, 0) is 6.42 Å². The number of unbranched alkanes of at least 4 members (excludes halogenated alkanes) is 1. The average Bonchev–Trinajstić information content (AvgIpc) is 3.17. The number of H-pyrrole nitrogens is 1. The third-order valence-corrected chi connectivity index (χ3v) is 4.78. The predicted octanol–water partition coefficient (Wildman–Crippen LogP) is 4.59. The molecule has 4 rings (SSSR count). The van der Waals surface area contributed by atoms with E-state index in [2.05, 4.69) is 34.7 Å². The van der Waals surface area contributed by atoms with Gasteiger partial charge in [0.1, 0.15) is 11.4 Å². The van der Waals surface area contributed by atoms with Crippen molar-refractivity contribution in [3.8, 4) is 0 Å². The number of hydrogen-bond acceptors (Lipinski definition) is 4. The Kier molecular flexibility index (Phi) is 4.50. The summed E-state index contributed by atoms with van der Waals surface area (Å²) in [5.41, 5.74) is 3.42. The largest absolute Gasteiger partial charge is 0.361 e. The molecule has 0 spiro atoms. The van der Waals surface area contributed by atoms with Gasteiger partial charge in [-0.25, -0.2) is 0 Å². The number of rotatable bonds is 7. The molecular weight excluding hydrogens is 338 g/mol. The van der Waals surface area contributed by atoms with Crippen molar-refractivity contribution in [1.82, 2.24) is 4.98 Å². The van der Waals surface area contributed by atoms with E-state index in [9.17, 15) is 9.59 Å². The molecule has 0 saturated carbocycles. The molecule has 1 heterocycles. The van der Waals surface area contributed by atoms with Gasteiger partial charge in [-0.2, -0.15) is 0 Å². The minimum Gasteiger partial charge on any atom is -0.361 e. The van der Waals surface area contributed by atoms with Crippen LogP contribution in [0.1, 0.15) is 25.3 Å². The molecule has 5 nitrogen and oxygen atoms in total. The Balaban J connectivity index is 1.53. The van der Waals surface area contributed by atoms with Crippen molar-refractivity contribution >= 4 is 33.7 Å². The second kappa shape index (κ2) is 7.11. The summed E-state index contributed by atoms with van der Waals surface area (Å²) in [7, 11) is 0. The van der Waals surface area contributed by atoms with Gasteiger partial charge in [0.2, 0.25) is 0 Å². The molecule has 0 fully saturated rings. The van der Waals surface area contributed by atoms with E-state index in [0.29, 0.717) is 11.4 Å². The van der Waals surface area contributed by atoms with Gasteiger partial charge in [-0.05, 0) is 54.1 Å². The van der Waals surface area contributed by atoms with Gasteiger partial charge in [0, 0.05) is 23.1 Å². The molecule has 3 N–H and O–H groups in total. The number of benzene rings is 2. The maximum absolute atomic E-state index is 12.0. The van der Waals surface area contributed by atoms with Crippen molar-refractivity contribution in [2.75, 3.05) is 10.6 Å². The van der Waals surface area contributed by atoms with E-state index in [1.807, 2.05) is 42.6 Å². The molecule has 0 bridgehead atoms. The average molecular weight is 359 g/mol. The number of anilines is 4. The Morgan fingerprint density at radius 1 is 0.852 bits per heavy atom. The Morgan fingerprint density at radius 2 is 1.52 bits per heavy atom. The van der Waals surface area contributed by atoms with Gasteiger partial charge in [0.15, 0.2) is 0 Å². The van der Waals surface area contributed by atoms with Crippen LogP contribution in [-0.4, -0.2) is 4.98 Å².